The Hall–Kier alpha value is -0.570. The predicted octanol–water partition coefficient (Wildman–Crippen LogP) is 2.32. The van der Waals surface area contributed by atoms with Gasteiger partial charge in [-0.05, 0) is 37.5 Å². The summed E-state index contributed by atoms with van der Waals surface area (Å²) in [6.45, 7) is 8.08. The van der Waals surface area contributed by atoms with Crippen LogP contribution in [0.1, 0.15) is 52.9 Å². The summed E-state index contributed by atoms with van der Waals surface area (Å²) < 4.78 is 0. The molecule has 0 aromatic carbocycles. The Morgan fingerprint density at radius 2 is 2.00 bits per heavy atom. The fourth-order valence-corrected chi connectivity index (χ4v) is 2.44. The van der Waals surface area contributed by atoms with E-state index in [9.17, 15) is 4.79 Å². The first-order chi connectivity index (χ1) is 8.13. The maximum atomic E-state index is 11.5. The van der Waals surface area contributed by atoms with Crippen LogP contribution in [0.4, 0.5) is 0 Å². The quantitative estimate of drug-likeness (QED) is 0.700. The van der Waals surface area contributed by atoms with Crippen LogP contribution in [0.2, 0.25) is 0 Å². The molecule has 3 nitrogen and oxygen atoms in total. The topological polar surface area (TPSA) is 41.1 Å². The summed E-state index contributed by atoms with van der Waals surface area (Å²) in [5, 5.41) is 6.33. The Balaban J connectivity index is 2.11. The summed E-state index contributed by atoms with van der Waals surface area (Å²) in [5.41, 5.74) is 0. The Kier molecular flexibility index (Phi) is 6.56. The van der Waals surface area contributed by atoms with Gasteiger partial charge in [-0.3, -0.25) is 4.79 Å². The van der Waals surface area contributed by atoms with E-state index in [-0.39, 0.29) is 5.91 Å². The van der Waals surface area contributed by atoms with Crippen LogP contribution in [0.3, 0.4) is 0 Å². The van der Waals surface area contributed by atoms with E-state index in [4.69, 9.17) is 0 Å². The van der Waals surface area contributed by atoms with Crippen LogP contribution in [-0.4, -0.2) is 25.0 Å². The van der Waals surface area contributed by atoms with E-state index >= 15 is 0 Å². The number of hydrogen-bond donors (Lipinski definition) is 2. The van der Waals surface area contributed by atoms with Gasteiger partial charge in [0, 0.05) is 12.6 Å². The zero-order valence-corrected chi connectivity index (χ0v) is 11.6. The van der Waals surface area contributed by atoms with Crippen LogP contribution in [0, 0.1) is 11.8 Å². The van der Waals surface area contributed by atoms with Gasteiger partial charge >= 0.3 is 0 Å². The molecule has 0 radical (unpaired) electrons. The summed E-state index contributed by atoms with van der Waals surface area (Å²) in [6, 6.07) is 0.540. The van der Waals surface area contributed by atoms with Crippen LogP contribution in [0.25, 0.3) is 0 Å². The number of carbonyl (C=O) groups excluding carboxylic acids is 1. The average Bonchev–Trinajstić information content (AvgIpc) is 2.31. The van der Waals surface area contributed by atoms with E-state index in [0.717, 1.165) is 31.2 Å². The van der Waals surface area contributed by atoms with Crippen LogP contribution in [0.15, 0.2) is 0 Å². The second kappa shape index (κ2) is 7.70. The Morgan fingerprint density at radius 3 is 2.65 bits per heavy atom. The third-order valence-electron chi connectivity index (χ3n) is 4.00. The molecule has 1 fully saturated rings. The van der Waals surface area contributed by atoms with Gasteiger partial charge in [-0.2, -0.15) is 0 Å². The molecule has 0 aliphatic heterocycles. The molecular formula is C14H28N2O. The number of nitrogens with one attached hydrogen (secondary N) is 2. The van der Waals surface area contributed by atoms with Crippen LogP contribution < -0.4 is 10.6 Å². The van der Waals surface area contributed by atoms with Crippen molar-refractivity contribution >= 4 is 5.91 Å². The number of hydrogen-bond acceptors (Lipinski definition) is 2. The normalized spacial score (nSPS) is 29.0. The van der Waals surface area contributed by atoms with E-state index in [1.54, 1.807) is 0 Å². The van der Waals surface area contributed by atoms with Crippen LogP contribution >= 0.6 is 0 Å². The van der Waals surface area contributed by atoms with Crippen molar-refractivity contribution in [2.24, 2.45) is 11.8 Å². The minimum absolute atomic E-state index is 0.143. The van der Waals surface area contributed by atoms with Gasteiger partial charge in [0.1, 0.15) is 0 Å². The number of carbonyl (C=O) groups is 1. The second-order valence-electron chi connectivity index (χ2n) is 5.55. The molecule has 0 heterocycles. The lowest BCUT2D eigenvalue weighted by molar-refractivity contribution is -0.120. The van der Waals surface area contributed by atoms with Crippen molar-refractivity contribution < 1.29 is 4.79 Å². The number of amides is 1. The van der Waals surface area contributed by atoms with Crippen molar-refractivity contribution in [3.05, 3.63) is 0 Å². The van der Waals surface area contributed by atoms with Gasteiger partial charge in [-0.25, -0.2) is 0 Å². The van der Waals surface area contributed by atoms with Gasteiger partial charge in [0.2, 0.25) is 5.91 Å². The van der Waals surface area contributed by atoms with Crippen molar-refractivity contribution in [1.82, 2.24) is 10.6 Å². The summed E-state index contributed by atoms with van der Waals surface area (Å²) >= 11 is 0. The zero-order valence-electron chi connectivity index (χ0n) is 11.6. The van der Waals surface area contributed by atoms with Crippen LogP contribution in [-0.2, 0) is 4.79 Å². The highest BCUT2D eigenvalue weighted by Gasteiger charge is 2.24. The van der Waals surface area contributed by atoms with Gasteiger partial charge in [0.05, 0.1) is 6.54 Å². The Bertz CT molecular complexity index is 230. The molecule has 100 valence electrons. The fraction of sp³-hybridized carbons (Fsp3) is 0.929. The third-order valence-corrected chi connectivity index (χ3v) is 4.00. The first-order valence-corrected chi connectivity index (χ1v) is 7.13. The molecule has 3 atom stereocenters. The number of rotatable bonds is 6. The maximum Gasteiger partial charge on any atom is 0.233 e. The number of unbranched alkanes of at least 4 members (excludes halogenated alkanes) is 1. The SMILES string of the molecule is CCCCNC(=O)CNC1CCC(C)C(C)C1. The summed E-state index contributed by atoms with van der Waals surface area (Å²) in [4.78, 5) is 11.5. The summed E-state index contributed by atoms with van der Waals surface area (Å²) in [6.07, 6.45) is 5.92. The first-order valence-electron chi connectivity index (χ1n) is 7.13. The molecule has 1 saturated carbocycles. The lowest BCUT2D eigenvalue weighted by Gasteiger charge is -2.32. The van der Waals surface area contributed by atoms with Crippen molar-refractivity contribution in [3.8, 4) is 0 Å². The monoisotopic (exact) mass is 240 g/mol. The lowest BCUT2D eigenvalue weighted by atomic mass is 9.79. The molecule has 1 amide bonds. The minimum Gasteiger partial charge on any atom is -0.355 e. The lowest BCUT2D eigenvalue weighted by Crippen LogP contribution is -2.42. The molecule has 1 aliphatic rings. The zero-order chi connectivity index (χ0) is 12.7. The molecule has 3 heteroatoms. The molecule has 17 heavy (non-hydrogen) atoms. The van der Waals surface area contributed by atoms with Gasteiger partial charge in [-0.15, -0.1) is 0 Å². The van der Waals surface area contributed by atoms with Crippen molar-refractivity contribution in [2.45, 2.75) is 58.9 Å². The van der Waals surface area contributed by atoms with E-state index in [2.05, 4.69) is 31.4 Å². The Morgan fingerprint density at radius 1 is 1.24 bits per heavy atom. The molecule has 2 N–H and O–H groups in total. The molecular weight excluding hydrogens is 212 g/mol. The standard InChI is InChI=1S/C14H28N2O/c1-4-5-8-15-14(17)10-16-13-7-6-11(2)12(3)9-13/h11-13,16H,4-10H2,1-3H3,(H,15,17). The maximum absolute atomic E-state index is 11.5. The summed E-state index contributed by atoms with van der Waals surface area (Å²) in [7, 11) is 0. The highest BCUT2D eigenvalue weighted by atomic mass is 16.1. The van der Waals surface area contributed by atoms with Gasteiger partial charge in [-0.1, -0.05) is 27.2 Å². The highest BCUT2D eigenvalue weighted by Crippen LogP contribution is 2.29. The molecule has 1 rings (SSSR count). The molecule has 1 aliphatic carbocycles. The highest BCUT2D eigenvalue weighted by molar-refractivity contribution is 5.77. The van der Waals surface area contributed by atoms with E-state index in [1.165, 1.54) is 19.3 Å². The molecule has 0 spiro atoms. The van der Waals surface area contributed by atoms with Crippen molar-refractivity contribution in [2.75, 3.05) is 13.1 Å². The van der Waals surface area contributed by atoms with Crippen molar-refractivity contribution in [3.63, 3.8) is 0 Å². The minimum atomic E-state index is 0.143. The third kappa shape index (κ3) is 5.53. The van der Waals surface area contributed by atoms with Crippen molar-refractivity contribution in [1.29, 1.82) is 0 Å². The van der Waals surface area contributed by atoms with Gasteiger partial charge in [0.15, 0.2) is 0 Å². The molecule has 0 aromatic heterocycles. The van der Waals surface area contributed by atoms with Gasteiger partial charge in [0.25, 0.3) is 0 Å². The van der Waals surface area contributed by atoms with Crippen LogP contribution in [0.5, 0.6) is 0 Å². The van der Waals surface area contributed by atoms with E-state index in [0.29, 0.717) is 12.6 Å². The van der Waals surface area contributed by atoms with Gasteiger partial charge < -0.3 is 10.6 Å². The molecule has 0 aromatic rings. The van der Waals surface area contributed by atoms with E-state index in [1.807, 2.05) is 0 Å². The second-order valence-corrected chi connectivity index (χ2v) is 5.55. The summed E-state index contributed by atoms with van der Waals surface area (Å²) in [5.74, 6) is 1.76. The molecule has 0 bridgehead atoms. The smallest absolute Gasteiger partial charge is 0.233 e. The first kappa shape index (κ1) is 14.5. The predicted molar refractivity (Wildman–Crippen MR) is 71.9 cm³/mol. The molecule has 3 unspecified atom stereocenters. The van der Waals surface area contributed by atoms with E-state index < -0.39 is 0 Å². The largest absolute Gasteiger partial charge is 0.355 e. The average molecular weight is 240 g/mol. The fourth-order valence-electron chi connectivity index (χ4n) is 2.44. The Labute approximate surface area is 106 Å². The molecule has 0 saturated heterocycles.